The van der Waals surface area contributed by atoms with Gasteiger partial charge in [-0.3, -0.25) is 20.2 Å². The molecule has 0 saturated heterocycles. The Morgan fingerprint density at radius 3 is 2.00 bits per heavy atom. The standard InChI is InChI=1S/C14H11FN4O5/c1-8-2-3-9(6-12(8)18(21)22)16-14(20)17-10-4-5-11(15)13(7-10)19(23)24/h2-7H,1H3,(H2,16,17,20). The Kier molecular flexibility index (Phi) is 4.68. The van der Waals surface area contributed by atoms with E-state index in [0.717, 1.165) is 18.2 Å². The lowest BCUT2D eigenvalue weighted by Gasteiger charge is -2.08. The van der Waals surface area contributed by atoms with Crippen molar-refractivity contribution in [1.82, 2.24) is 0 Å². The number of nitro groups is 2. The summed E-state index contributed by atoms with van der Waals surface area (Å²) in [7, 11) is 0. The molecule has 2 N–H and O–H groups in total. The molecule has 10 heteroatoms. The first-order chi connectivity index (χ1) is 11.3. The number of nitro benzene ring substituents is 2. The molecule has 0 aliphatic rings. The lowest BCUT2D eigenvalue weighted by Crippen LogP contribution is -2.19. The van der Waals surface area contributed by atoms with Crippen molar-refractivity contribution in [2.75, 3.05) is 10.6 Å². The molecule has 24 heavy (non-hydrogen) atoms. The Morgan fingerprint density at radius 2 is 1.46 bits per heavy atom. The van der Waals surface area contributed by atoms with E-state index in [0.29, 0.717) is 5.56 Å². The van der Waals surface area contributed by atoms with Crippen LogP contribution in [-0.2, 0) is 0 Å². The lowest BCUT2D eigenvalue weighted by atomic mass is 10.2. The van der Waals surface area contributed by atoms with Gasteiger partial charge in [-0.05, 0) is 25.1 Å². The average molecular weight is 334 g/mol. The number of hydrogen-bond acceptors (Lipinski definition) is 5. The van der Waals surface area contributed by atoms with Crippen LogP contribution in [0, 0.1) is 33.0 Å². The van der Waals surface area contributed by atoms with E-state index in [2.05, 4.69) is 10.6 Å². The third-order valence-electron chi connectivity index (χ3n) is 3.06. The Labute approximate surface area is 134 Å². The highest BCUT2D eigenvalue weighted by Crippen LogP contribution is 2.24. The summed E-state index contributed by atoms with van der Waals surface area (Å²) < 4.78 is 13.2. The van der Waals surface area contributed by atoms with Crippen molar-refractivity contribution in [3.05, 3.63) is 68.0 Å². The molecule has 0 bridgehead atoms. The first-order valence-corrected chi connectivity index (χ1v) is 6.55. The number of carbonyl (C=O) groups excluding carboxylic acids is 1. The number of carbonyl (C=O) groups is 1. The third-order valence-corrected chi connectivity index (χ3v) is 3.06. The van der Waals surface area contributed by atoms with Crippen LogP contribution in [0.3, 0.4) is 0 Å². The Balaban J connectivity index is 2.14. The molecule has 0 radical (unpaired) electrons. The summed E-state index contributed by atoms with van der Waals surface area (Å²) in [4.78, 5) is 31.9. The van der Waals surface area contributed by atoms with Gasteiger partial charge in [0.15, 0.2) is 0 Å². The van der Waals surface area contributed by atoms with Crippen molar-refractivity contribution in [2.24, 2.45) is 0 Å². The molecule has 2 aromatic carbocycles. The molecule has 0 saturated carbocycles. The highest BCUT2D eigenvalue weighted by atomic mass is 19.1. The summed E-state index contributed by atoms with van der Waals surface area (Å²) in [6, 6.07) is 6.21. The van der Waals surface area contributed by atoms with Crippen molar-refractivity contribution in [3.63, 3.8) is 0 Å². The van der Waals surface area contributed by atoms with Crippen LogP contribution >= 0.6 is 0 Å². The molecular formula is C14H11FN4O5. The number of nitrogens with one attached hydrogen (secondary N) is 2. The number of benzene rings is 2. The Morgan fingerprint density at radius 1 is 0.958 bits per heavy atom. The Hall–Kier alpha value is -3.56. The molecular weight excluding hydrogens is 323 g/mol. The summed E-state index contributed by atoms with van der Waals surface area (Å²) in [5, 5.41) is 26.2. The number of urea groups is 1. The number of amides is 2. The van der Waals surface area contributed by atoms with E-state index in [4.69, 9.17) is 0 Å². The molecule has 0 heterocycles. The topological polar surface area (TPSA) is 127 Å². The second kappa shape index (κ2) is 6.69. The molecule has 0 aliphatic heterocycles. The van der Waals surface area contributed by atoms with Crippen LogP contribution in [0.25, 0.3) is 0 Å². The largest absolute Gasteiger partial charge is 0.323 e. The van der Waals surface area contributed by atoms with Gasteiger partial charge >= 0.3 is 11.7 Å². The maximum Gasteiger partial charge on any atom is 0.323 e. The van der Waals surface area contributed by atoms with Gasteiger partial charge in [0, 0.05) is 29.1 Å². The lowest BCUT2D eigenvalue weighted by molar-refractivity contribution is -0.387. The number of halogens is 1. The summed E-state index contributed by atoms with van der Waals surface area (Å²) in [6.45, 7) is 1.56. The molecule has 0 aliphatic carbocycles. The normalized spacial score (nSPS) is 10.1. The number of anilines is 2. The highest BCUT2D eigenvalue weighted by Gasteiger charge is 2.16. The number of rotatable bonds is 4. The molecule has 2 rings (SSSR count). The van der Waals surface area contributed by atoms with E-state index >= 15 is 0 Å². The Bertz CT molecular complexity index is 772. The summed E-state index contributed by atoms with van der Waals surface area (Å²) in [5.74, 6) is -1.03. The highest BCUT2D eigenvalue weighted by molar-refractivity contribution is 6.00. The van der Waals surface area contributed by atoms with Gasteiger partial charge < -0.3 is 10.6 Å². The van der Waals surface area contributed by atoms with Crippen molar-refractivity contribution in [3.8, 4) is 0 Å². The van der Waals surface area contributed by atoms with Crippen molar-refractivity contribution < 1.29 is 19.0 Å². The maximum atomic E-state index is 13.2. The van der Waals surface area contributed by atoms with Crippen LogP contribution < -0.4 is 10.6 Å². The SMILES string of the molecule is Cc1ccc(NC(=O)Nc2ccc(F)c([N+](=O)[O-])c2)cc1[N+](=O)[O-]. The zero-order chi connectivity index (χ0) is 17.9. The van der Waals surface area contributed by atoms with Crippen LogP contribution in [0.15, 0.2) is 36.4 Å². The molecule has 2 amide bonds. The summed E-state index contributed by atoms with van der Waals surface area (Å²) in [5.41, 5.74) is -0.340. The van der Waals surface area contributed by atoms with Gasteiger partial charge in [-0.15, -0.1) is 0 Å². The predicted molar refractivity (Wildman–Crippen MR) is 83.5 cm³/mol. The second-order valence-corrected chi connectivity index (χ2v) is 4.76. The van der Waals surface area contributed by atoms with Crippen molar-refractivity contribution >= 4 is 28.8 Å². The number of hydrogen-bond donors (Lipinski definition) is 2. The fourth-order valence-electron chi connectivity index (χ4n) is 1.91. The van der Waals surface area contributed by atoms with E-state index in [1.54, 1.807) is 6.92 Å². The van der Waals surface area contributed by atoms with Gasteiger partial charge in [0.05, 0.1) is 9.85 Å². The quantitative estimate of drug-likeness (QED) is 0.652. The third kappa shape index (κ3) is 3.80. The van der Waals surface area contributed by atoms with Crippen LogP contribution in [0.5, 0.6) is 0 Å². The average Bonchev–Trinajstić information content (AvgIpc) is 2.50. The van der Waals surface area contributed by atoms with Gasteiger partial charge in [-0.1, -0.05) is 6.07 Å². The maximum absolute atomic E-state index is 13.2. The van der Waals surface area contributed by atoms with E-state index in [1.807, 2.05) is 0 Å². The van der Waals surface area contributed by atoms with Gasteiger partial charge in [0.1, 0.15) is 0 Å². The molecule has 0 spiro atoms. The zero-order valence-electron chi connectivity index (χ0n) is 12.3. The van der Waals surface area contributed by atoms with E-state index in [-0.39, 0.29) is 17.1 Å². The van der Waals surface area contributed by atoms with Gasteiger partial charge in [0.2, 0.25) is 5.82 Å². The zero-order valence-corrected chi connectivity index (χ0v) is 12.3. The van der Waals surface area contributed by atoms with E-state index in [1.165, 1.54) is 18.2 Å². The first kappa shape index (κ1) is 16.8. The molecule has 124 valence electrons. The monoisotopic (exact) mass is 334 g/mol. The van der Waals surface area contributed by atoms with Crippen LogP contribution in [0.2, 0.25) is 0 Å². The number of nitrogens with zero attached hydrogens (tertiary/aromatic N) is 2. The van der Waals surface area contributed by atoms with E-state index in [9.17, 15) is 29.4 Å². The molecule has 0 fully saturated rings. The second-order valence-electron chi connectivity index (χ2n) is 4.76. The fourth-order valence-corrected chi connectivity index (χ4v) is 1.91. The minimum absolute atomic E-state index is 0.00205. The van der Waals surface area contributed by atoms with Gasteiger partial charge in [-0.25, -0.2) is 4.79 Å². The van der Waals surface area contributed by atoms with Crippen molar-refractivity contribution in [2.45, 2.75) is 6.92 Å². The van der Waals surface area contributed by atoms with Crippen LogP contribution in [-0.4, -0.2) is 15.9 Å². The predicted octanol–water partition coefficient (Wildman–Crippen LogP) is 3.59. The number of aryl methyl sites for hydroxylation is 1. The molecule has 0 aromatic heterocycles. The first-order valence-electron chi connectivity index (χ1n) is 6.55. The van der Waals surface area contributed by atoms with Gasteiger partial charge in [0.25, 0.3) is 5.69 Å². The fraction of sp³-hybridized carbons (Fsp3) is 0.0714. The summed E-state index contributed by atoms with van der Waals surface area (Å²) >= 11 is 0. The molecule has 0 unspecified atom stereocenters. The van der Waals surface area contributed by atoms with Crippen molar-refractivity contribution in [1.29, 1.82) is 0 Å². The van der Waals surface area contributed by atoms with Gasteiger partial charge in [-0.2, -0.15) is 4.39 Å². The van der Waals surface area contributed by atoms with E-state index < -0.39 is 27.4 Å². The minimum atomic E-state index is -1.03. The molecule has 2 aromatic rings. The van der Waals surface area contributed by atoms with Crippen LogP contribution in [0.4, 0.5) is 31.9 Å². The summed E-state index contributed by atoms with van der Waals surface area (Å²) in [6.07, 6.45) is 0. The molecule has 9 nitrogen and oxygen atoms in total. The smallest absolute Gasteiger partial charge is 0.307 e. The molecule has 0 atom stereocenters. The van der Waals surface area contributed by atoms with Crippen LogP contribution in [0.1, 0.15) is 5.56 Å². The minimum Gasteiger partial charge on any atom is -0.307 e.